The molecule has 2 heterocycles. The highest BCUT2D eigenvalue weighted by molar-refractivity contribution is 8.00. The molecule has 0 bridgehead atoms. The van der Waals surface area contributed by atoms with Crippen LogP contribution in [-0.2, 0) is 42.5 Å². The van der Waals surface area contributed by atoms with E-state index >= 15 is 4.39 Å². The monoisotopic (exact) mass is 775 g/mol. The van der Waals surface area contributed by atoms with Crippen molar-refractivity contribution in [3.05, 3.63) is 137 Å². The van der Waals surface area contributed by atoms with Crippen molar-refractivity contribution in [2.24, 2.45) is 0 Å². The number of hydrogen-bond donors (Lipinski definition) is 1. The van der Waals surface area contributed by atoms with Crippen molar-refractivity contribution in [2.45, 2.75) is 55.3 Å². The first-order chi connectivity index (χ1) is 26.6. The number of allylic oxidation sites excluding steroid dienone is 2. The molecule has 0 aliphatic carbocycles. The Morgan fingerprint density at radius 1 is 1.11 bits per heavy atom. The fraction of sp³-hybridized carbons (Fsp3) is 0.325. The van der Waals surface area contributed by atoms with Crippen LogP contribution in [0.2, 0.25) is 0 Å². The number of ether oxygens (including phenoxy) is 4. The van der Waals surface area contributed by atoms with Gasteiger partial charge in [-0.1, -0.05) is 42.5 Å². The molecule has 2 atom stereocenters. The van der Waals surface area contributed by atoms with Crippen LogP contribution < -0.4 is 5.32 Å². The van der Waals surface area contributed by atoms with Crippen LogP contribution in [0.3, 0.4) is 0 Å². The van der Waals surface area contributed by atoms with E-state index in [0.29, 0.717) is 24.1 Å². The lowest BCUT2D eigenvalue weighted by Gasteiger charge is -2.40. The SMILES string of the molecule is CNCCCC(=O)OCc1ccccc1C(=O)O[C@@](Cn1cncn1)(c1ccc(F)cc1F)[C@@H](C)S[C@H]1CO[C@H](/C=C/C=C/c2ccc(C#N)cc2F)OC1. The standard InChI is InChI=1S/C40H40F3N5O6S/c1-27(55-32-22-52-38(53-23-32)12-6-4-8-29-14-13-28(20-44)18-35(29)42)40(24-48-26-46-25-47-48,34-16-15-31(41)19-36(34)43)54-39(50)33-10-5-3-9-30(33)21-51-37(49)11-7-17-45-2/h3-6,8-10,12-16,18-19,25-27,32,38,45H,7,11,17,21-24H2,1-2H3/b8-4+,12-6+/t27-,32-,38-,40-/m1/s1. The number of benzene rings is 3. The molecule has 0 unspecified atom stereocenters. The number of rotatable bonds is 17. The Morgan fingerprint density at radius 3 is 2.62 bits per heavy atom. The minimum Gasteiger partial charge on any atom is -0.461 e. The lowest BCUT2D eigenvalue weighted by molar-refractivity contribution is -0.146. The van der Waals surface area contributed by atoms with Gasteiger partial charge in [0.2, 0.25) is 0 Å². The van der Waals surface area contributed by atoms with Gasteiger partial charge in [-0.25, -0.2) is 27.6 Å². The minimum absolute atomic E-state index is 0.0878. The summed E-state index contributed by atoms with van der Waals surface area (Å²) in [6.07, 6.45) is 9.24. The quantitative estimate of drug-likeness (QED) is 0.0716. The average Bonchev–Trinajstić information content (AvgIpc) is 3.69. The second-order valence-corrected chi connectivity index (χ2v) is 14.2. The summed E-state index contributed by atoms with van der Waals surface area (Å²) < 4.78 is 69.5. The summed E-state index contributed by atoms with van der Waals surface area (Å²) >= 11 is 1.33. The first-order valence-corrected chi connectivity index (χ1v) is 18.4. The molecule has 0 radical (unpaired) electrons. The second-order valence-electron chi connectivity index (χ2n) is 12.5. The molecule has 5 rings (SSSR count). The molecule has 3 aromatic carbocycles. The fourth-order valence-electron chi connectivity index (χ4n) is 5.83. The maximum Gasteiger partial charge on any atom is 0.339 e. The summed E-state index contributed by atoms with van der Waals surface area (Å²) in [7, 11) is 1.78. The van der Waals surface area contributed by atoms with Gasteiger partial charge in [0.25, 0.3) is 0 Å². The van der Waals surface area contributed by atoms with E-state index in [1.165, 1.54) is 53.4 Å². The second kappa shape index (κ2) is 19.9. The molecule has 1 fully saturated rings. The molecule has 0 amide bonds. The van der Waals surface area contributed by atoms with Crippen LogP contribution in [0, 0.1) is 28.8 Å². The molecule has 0 saturated carbocycles. The number of aromatic nitrogens is 3. The highest BCUT2D eigenvalue weighted by atomic mass is 32.2. The number of carbonyl (C=O) groups excluding carboxylic acids is 2. The van der Waals surface area contributed by atoms with E-state index < -0.39 is 46.5 Å². The van der Waals surface area contributed by atoms with Gasteiger partial charge in [0.1, 0.15) is 36.7 Å². The first kappa shape index (κ1) is 40.9. The summed E-state index contributed by atoms with van der Waals surface area (Å²) in [4.78, 5) is 30.6. The van der Waals surface area contributed by atoms with Gasteiger partial charge >= 0.3 is 11.9 Å². The van der Waals surface area contributed by atoms with Crippen molar-refractivity contribution >= 4 is 29.8 Å². The van der Waals surface area contributed by atoms with Crippen LogP contribution in [0.1, 0.15) is 52.4 Å². The molecule has 15 heteroatoms. The van der Waals surface area contributed by atoms with Gasteiger partial charge in [0, 0.05) is 34.4 Å². The van der Waals surface area contributed by atoms with Crippen molar-refractivity contribution in [3.63, 3.8) is 0 Å². The predicted molar refractivity (Wildman–Crippen MR) is 199 cm³/mol. The fourth-order valence-corrected chi connectivity index (χ4v) is 7.19. The number of thioether (sulfide) groups is 1. The Morgan fingerprint density at radius 2 is 1.91 bits per heavy atom. The molecule has 288 valence electrons. The number of nitriles is 1. The summed E-state index contributed by atoms with van der Waals surface area (Å²) in [6, 6.07) is 15.6. The van der Waals surface area contributed by atoms with Crippen LogP contribution in [0.5, 0.6) is 0 Å². The number of esters is 2. The Kier molecular flexibility index (Phi) is 14.8. The Hall–Kier alpha value is -5.27. The zero-order valence-corrected chi connectivity index (χ0v) is 31.0. The van der Waals surface area contributed by atoms with Crippen LogP contribution in [0.25, 0.3) is 6.08 Å². The topological polar surface area (TPSA) is 138 Å². The van der Waals surface area contributed by atoms with E-state index in [0.717, 1.165) is 18.2 Å². The number of hydrogen-bond acceptors (Lipinski definition) is 11. The number of nitrogens with zero attached hydrogens (tertiary/aromatic N) is 4. The van der Waals surface area contributed by atoms with Crippen molar-refractivity contribution in [1.82, 2.24) is 20.1 Å². The summed E-state index contributed by atoms with van der Waals surface area (Å²) in [5.41, 5.74) is -0.849. The minimum atomic E-state index is -1.79. The first-order valence-electron chi connectivity index (χ1n) is 17.4. The van der Waals surface area contributed by atoms with Gasteiger partial charge in [-0.05, 0) is 63.3 Å². The third-order valence-electron chi connectivity index (χ3n) is 8.69. The van der Waals surface area contributed by atoms with Crippen LogP contribution in [-0.4, -0.2) is 70.3 Å². The van der Waals surface area contributed by atoms with E-state index in [1.807, 2.05) is 6.07 Å². The van der Waals surface area contributed by atoms with Crippen LogP contribution in [0.4, 0.5) is 13.2 Å². The molecular weight excluding hydrogens is 736 g/mol. The largest absolute Gasteiger partial charge is 0.461 e. The third-order valence-corrected chi connectivity index (χ3v) is 10.1. The summed E-state index contributed by atoms with van der Waals surface area (Å²) in [6.45, 7) is 2.43. The highest BCUT2D eigenvalue weighted by Crippen LogP contribution is 2.42. The van der Waals surface area contributed by atoms with Gasteiger partial charge < -0.3 is 24.3 Å². The number of nitrogens with one attached hydrogen (secondary N) is 1. The molecule has 4 aromatic rings. The lowest BCUT2D eigenvalue weighted by atomic mass is 9.89. The van der Waals surface area contributed by atoms with Gasteiger partial charge in [-0.2, -0.15) is 10.4 Å². The molecule has 55 heavy (non-hydrogen) atoms. The maximum absolute atomic E-state index is 15.9. The summed E-state index contributed by atoms with van der Waals surface area (Å²) in [5, 5.41) is 15.1. The van der Waals surface area contributed by atoms with Gasteiger partial charge in [-0.3, -0.25) is 4.79 Å². The lowest BCUT2D eigenvalue weighted by Crippen LogP contribution is -2.47. The number of carbonyl (C=O) groups is 2. The molecule has 1 saturated heterocycles. The van der Waals surface area contributed by atoms with E-state index in [2.05, 4.69) is 15.4 Å². The number of halogens is 3. The van der Waals surface area contributed by atoms with E-state index in [1.54, 1.807) is 56.5 Å². The molecule has 1 N–H and O–H groups in total. The maximum atomic E-state index is 15.9. The molecular formula is C40H40F3N5O6S. The Bertz CT molecular complexity index is 2020. The van der Waals surface area contributed by atoms with Crippen molar-refractivity contribution < 1.29 is 41.7 Å². The van der Waals surface area contributed by atoms with Gasteiger partial charge in [0.05, 0.1) is 42.2 Å². The average molecular weight is 776 g/mol. The predicted octanol–water partition coefficient (Wildman–Crippen LogP) is 6.50. The Balaban J connectivity index is 1.35. The van der Waals surface area contributed by atoms with E-state index in [-0.39, 0.29) is 54.7 Å². The molecule has 11 nitrogen and oxygen atoms in total. The van der Waals surface area contributed by atoms with Crippen molar-refractivity contribution in [1.29, 1.82) is 5.26 Å². The van der Waals surface area contributed by atoms with Crippen LogP contribution in [0.15, 0.2) is 91.5 Å². The molecule has 1 aliphatic heterocycles. The van der Waals surface area contributed by atoms with Crippen LogP contribution >= 0.6 is 11.8 Å². The van der Waals surface area contributed by atoms with Crippen molar-refractivity contribution in [2.75, 3.05) is 26.8 Å². The third kappa shape index (κ3) is 11.1. The summed E-state index contributed by atoms with van der Waals surface area (Å²) in [5.74, 6) is -3.51. The zero-order chi connectivity index (χ0) is 39.2. The van der Waals surface area contributed by atoms with Gasteiger partial charge in [0.15, 0.2) is 11.9 Å². The molecule has 1 aromatic heterocycles. The smallest absolute Gasteiger partial charge is 0.339 e. The molecule has 0 spiro atoms. The Labute approximate surface area is 321 Å². The normalized spacial score (nSPS) is 17.5. The van der Waals surface area contributed by atoms with E-state index in [9.17, 15) is 18.4 Å². The van der Waals surface area contributed by atoms with E-state index in [4.69, 9.17) is 24.2 Å². The van der Waals surface area contributed by atoms with Gasteiger partial charge in [-0.15, -0.1) is 11.8 Å². The zero-order valence-electron chi connectivity index (χ0n) is 30.2. The highest BCUT2D eigenvalue weighted by Gasteiger charge is 2.47. The van der Waals surface area contributed by atoms with Crippen molar-refractivity contribution in [3.8, 4) is 6.07 Å². The molecule has 1 aliphatic rings.